The van der Waals surface area contributed by atoms with Gasteiger partial charge in [0.05, 0.1) is 19.0 Å². The van der Waals surface area contributed by atoms with E-state index in [1.54, 1.807) is 7.11 Å². The zero-order valence-corrected chi connectivity index (χ0v) is 13.4. The molecule has 4 nitrogen and oxygen atoms in total. The molecular formula is C17H27N3O. The van der Waals surface area contributed by atoms with Crippen LogP contribution in [0.5, 0.6) is 5.75 Å². The molecule has 2 rings (SSSR count). The molecule has 0 saturated carbocycles. The van der Waals surface area contributed by atoms with Crippen LogP contribution in [0.3, 0.4) is 0 Å². The third-order valence-electron chi connectivity index (χ3n) is 3.98. The van der Waals surface area contributed by atoms with Gasteiger partial charge in [-0.15, -0.1) is 0 Å². The van der Waals surface area contributed by atoms with Crippen LogP contribution < -0.4 is 10.1 Å². The highest BCUT2D eigenvalue weighted by atomic mass is 16.5. The zero-order chi connectivity index (χ0) is 15.1. The molecular weight excluding hydrogens is 262 g/mol. The van der Waals surface area contributed by atoms with Gasteiger partial charge in [-0.2, -0.15) is 0 Å². The van der Waals surface area contributed by atoms with Gasteiger partial charge in [-0.05, 0) is 44.6 Å². The van der Waals surface area contributed by atoms with E-state index in [0.29, 0.717) is 6.04 Å². The Morgan fingerprint density at radius 2 is 2.14 bits per heavy atom. The van der Waals surface area contributed by atoms with E-state index in [9.17, 15) is 0 Å². The second-order valence-electron chi connectivity index (χ2n) is 5.78. The van der Waals surface area contributed by atoms with Crippen LogP contribution in [0.25, 0.3) is 0 Å². The molecule has 1 aromatic carbocycles. The van der Waals surface area contributed by atoms with Gasteiger partial charge in [0.25, 0.3) is 0 Å². The number of benzene rings is 1. The Kier molecular flexibility index (Phi) is 6.05. The predicted octanol–water partition coefficient (Wildman–Crippen LogP) is 2.86. The molecule has 4 heteroatoms. The summed E-state index contributed by atoms with van der Waals surface area (Å²) < 4.78 is 5.33. The molecule has 1 aromatic rings. The summed E-state index contributed by atoms with van der Waals surface area (Å²) in [6.07, 6.45) is 4.84. The number of rotatable bonds is 5. The van der Waals surface area contributed by atoms with Gasteiger partial charge in [0, 0.05) is 19.5 Å². The number of hydrogen-bond acceptors (Lipinski definition) is 4. The van der Waals surface area contributed by atoms with Crippen molar-refractivity contribution in [2.45, 2.75) is 31.7 Å². The maximum atomic E-state index is 5.33. The van der Waals surface area contributed by atoms with Crippen LogP contribution in [-0.2, 0) is 0 Å². The monoisotopic (exact) mass is 289 g/mol. The van der Waals surface area contributed by atoms with Crippen molar-refractivity contribution in [3.05, 3.63) is 29.8 Å². The third-order valence-corrected chi connectivity index (χ3v) is 3.98. The van der Waals surface area contributed by atoms with Crippen molar-refractivity contribution in [2.75, 3.05) is 34.3 Å². The zero-order valence-electron chi connectivity index (χ0n) is 13.4. The molecule has 1 atom stereocenters. The van der Waals surface area contributed by atoms with Gasteiger partial charge >= 0.3 is 0 Å². The molecule has 116 valence electrons. The smallest absolute Gasteiger partial charge is 0.119 e. The number of hydrogen-bond donors (Lipinski definition) is 1. The number of aliphatic imine (C=N–C) groups is 1. The van der Waals surface area contributed by atoms with Gasteiger partial charge in [0.1, 0.15) is 5.75 Å². The molecule has 0 bridgehead atoms. The second-order valence-corrected chi connectivity index (χ2v) is 5.78. The lowest BCUT2D eigenvalue weighted by Gasteiger charge is -2.26. The van der Waals surface area contributed by atoms with E-state index in [2.05, 4.69) is 41.4 Å². The topological polar surface area (TPSA) is 36.9 Å². The number of ether oxygens (including phenoxy) is 1. The first-order valence-electron chi connectivity index (χ1n) is 7.78. The number of nitrogens with zero attached hydrogens (tertiary/aromatic N) is 2. The van der Waals surface area contributed by atoms with Gasteiger partial charge in [-0.25, -0.2) is 0 Å². The summed E-state index contributed by atoms with van der Waals surface area (Å²) in [7, 11) is 5.93. The van der Waals surface area contributed by atoms with E-state index in [1.807, 2.05) is 12.1 Å². The average molecular weight is 289 g/mol. The molecule has 1 N–H and O–H groups in total. The molecule has 1 aliphatic rings. The predicted molar refractivity (Wildman–Crippen MR) is 88.2 cm³/mol. The molecule has 1 unspecified atom stereocenters. The van der Waals surface area contributed by atoms with Crippen LogP contribution in [0.4, 0.5) is 0 Å². The fourth-order valence-corrected chi connectivity index (χ4v) is 2.68. The van der Waals surface area contributed by atoms with Crippen molar-refractivity contribution < 1.29 is 4.74 Å². The van der Waals surface area contributed by atoms with E-state index < -0.39 is 0 Å². The Morgan fingerprint density at radius 3 is 2.90 bits per heavy atom. The molecule has 0 fully saturated rings. The summed E-state index contributed by atoms with van der Waals surface area (Å²) in [5, 5.41) is 3.55. The molecule has 21 heavy (non-hydrogen) atoms. The van der Waals surface area contributed by atoms with Crippen LogP contribution in [0.2, 0.25) is 0 Å². The Bertz CT molecular complexity index is 471. The lowest BCUT2D eigenvalue weighted by atomic mass is 10.1. The largest absolute Gasteiger partial charge is 0.497 e. The van der Waals surface area contributed by atoms with Crippen molar-refractivity contribution in [3.63, 3.8) is 0 Å². The van der Waals surface area contributed by atoms with Crippen molar-refractivity contribution in [1.29, 1.82) is 0 Å². The van der Waals surface area contributed by atoms with Crippen LogP contribution in [0.1, 0.15) is 37.3 Å². The number of nitrogens with one attached hydrogen (secondary N) is 1. The van der Waals surface area contributed by atoms with Gasteiger partial charge in [0.15, 0.2) is 0 Å². The van der Waals surface area contributed by atoms with Gasteiger partial charge in [0.2, 0.25) is 0 Å². The summed E-state index contributed by atoms with van der Waals surface area (Å²) in [5.74, 6) is 2.08. The van der Waals surface area contributed by atoms with Gasteiger partial charge in [-0.3, -0.25) is 4.99 Å². The van der Waals surface area contributed by atoms with Gasteiger partial charge in [-0.1, -0.05) is 18.6 Å². The highest BCUT2D eigenvalue weighted by molar-refractivity contribution is 5.82. The molecule has 0 aromatic heterocycles. The summed E-state index contributed by atoms with van der Waals surface area (Å²) in [6, 6.07) is 8.61. The average Bonchev–Trinajstić information content (AvgIpc) is 2.76. The lowest BCUT2D eigenvalue weighted by Crippen LogP contribution is -2.34. The molecule has 1 heterocycles. The minimum atomic E-state index is 0.311. The molecule has 0 saturated heterocycles. The SMILES string of the molecule is COc1cccc(C(CNC2=NCCCCC2)N(C)C)c1. The van der Waals surface area contributed by atoms with E-state index in [-0.39, 0.29) is 0 Å². The first-order chi connectivity index (χ1) is 10.2. The van der Waals surface area contributed by atoms with Crippen LogP contribution in [-0.4, -0.2) is 45.0 Å². The maximum Gasteiger partial charge on any atom is 0.119 e. The molecule has 0 amide bonds. The lowest BCUT2D eigenvalue weighted by molar-refractivity contribution is 0.297. The maximum absolute atomic E-state index is 5.33. The minimum Gasteiger partial charge on any atom is -0.497 e. The quantitative estimate of drug-likeness (QED) is 0.905. The van der Waals surface area contributed by atoms with Crippen molar-refractivity contribution in [1.82, 2.24) is 10.2 Å². The van der Waals surface area contributed by atoms with Crippen molar-refractivity contribution in [2.24, 2.45) is 4.99 Å². The van der Waals surface area contributed by atoms with Crippen LogP contribution in [0.15, 0.2) is 29.3 Å². The second kappa shape index (κ2) is 8.03. The number of likely N-dealkylation sites (N-methyl/N-ethyl adjacent to an activating group) is 1. The summed E-state index contributed by atoms with van der Waals surface area (Å²) in [6.45, 7) is 1.84. The normalized spacial score (nSPS) is 17.0. The first kappa shape index (κ1) is 15.8. The van der Waals surface area contributed by atoms with E-state index >= 15 is 0 Å². The Balaban J connectivity index is 2.03. The van der Waals surface area contributed by atoms with Crippen molar-refractivity contribution in [3.8, 4) is 5.75 Å². The molecule has 0 radical (unpaired) electrons. The standard InChI is InChI=1S/C17H27N3O/c1-20(2)16(14-8-7-9-15(12-14)21-3)13-19-17-10-5-4-6-11-18-17/h7-9,12,16H,4-6,10-11,13H2,1-3H3,(H,18,19). The highest BCUT2D eigenvalue weighted by Gasteiger charge is 2.15. The Hall–Kier alpha value is -1.55. The van der Waals surface area contributed by atoms with Crippen LogP contribution in [0, 0.1) is 0 Å². The van der Waals surface area contributed by atoms with Crippen LogP contribution >= 0.6 is 0 Å². The third kappa shape index (κ3) is 4.74. The first-order valence-corrected chi connectivity index (χ1v) is 7.78. The number of methoxy groups -OCH3 is 1. The van der Waals surface area contributed by atoms with Gasteiger partial charge < -0.3 is 15.0 Å². The van der Waals surface area contributed by atoms with Crippen molar-refractivity contribution >= 4 is 5.84 Å². The molecule has 1 aliphatic heterocycles. The van der Waals surface area contributed by atoms with E-state index in [0.717, 1.165) is 25.3 Å². The molecule has 0 aliphatic carbocycles. The Morgan fingerprint density at radius 1 is 1.29 bits per heavy atom. The highest BCUT2D eigenvalue weighted by Crippen LogP contribution is 2.22. The summed E-state index contributed by atoms with van der Waals surface area (Å²) in [4.78, 5) is 6.88. The fourth-order valence-electron chi connectivity index (χ4n) is 2.68. The Labute approximate surface area is 128 Å². The summed E-state index contributed by atoms with van der Waals surface area (Å²) >= 11 is 0. The van der Waals surface area contributed by atoms with E-state index in [4.69, 9.17) is 4.74 Å². The summed E-state index contributed by atoms with van der Waals surface area (Å²) in [5.41, 5.74) is 1.26. The van der Waals surface area contributed by atoms with E-state index in [1.165, 1.54) is 30.7 Å². The minimum absolute atomic E-state index is 0.311. The number of amidine groups is 1. The molecule has 0 spiro atoms. The fraction of sp³-hybridized carbons (Fsp3) is 0.588.